The van der Waals surface area contributed by atoms with Crippen LogP contribution in [0, 0.1) is 5.82 Å². The Bertz CT molecular complexity index is 1030. The van der Waals surface area contributed by atoms with Crippen LogP contribution < -0.4 is 16.2 Å². The van der Waals surface area contributed by atoms with Gasteiger partial charge in [0.05, 0.1) is 11.1 Å². The molecule has 2 aromatic heterocycles. The molecular formula is C16H13FN4O3S2. The molecule has 0 aliphatic rings. The molecule has 0 fully saturated rings. The van der Waals surface area contributed by atoms with Crippen LogP contribution in [0.15, 0.2) is 39.6 Å². The van der Waals surface area contributed by atoms with Crippen molar-refractivity contribution in [1.29, 1.82) is 0 Å². The number of thiophene rings is 1. The highest BCUT2D eigenvalue weighted by Crippen LogP contribution is 2.31. The van der Waals surface area contributed by atoms with Crippen LogP contribution >= 0.6 is 23.1 Å². The van der Waals surface area contributed by atoms with E-state index in [0.29, 0.717) is 15.8 Å². The van der Waals surface area contributed by atoms with Crippen molar-refractivity contribution in [1.82, 2.24) is 20.6 Å². The molecule has 1 aromatic carbocycles. The van der Waals surface area contributed by atoms with Crippen LogP contribution in [0.2, 0.25) is 0 Å². The molecule has 2 heterocycles. The second kappa shape index (κ2) is 7.67. The topological polar surface area (TPSA) is 104 Å². The van der Waals surface area contributed by atoms with E-state index in [9.17, 15) is 18.8 Å². The first kappa shape index (κ1) is 18.1. The zero-order chi connectivity index (χ0) is 18.7. The maximum absolute atomic E-state index is 13.1. The molecule has 0 aliphatic heterocycles. The van der Waals surface area contributed by atoms with Crippen LogP contribution in [0.3, 0.4) is 0 Å². The molecular weight excluding hydrogens is 379 g/mol. The van der Waals surface area contributed by atoms with Crippen molar-refractivity contribution >= 4 is 45.3 Å². The number of carbonyl (C=O) groups is 2. The normalized spacial score (nSPS) is 10.7. The number of aromatic nitrogens is 2. The lowest BCUT2D eigenvalue weighted by molar-refractivity contribution is -0.117. The van der Waals surface area contributed by atoms with E-state index in [0.717, 1.165) is 17.3 Å². The van der Waals surface area contributed by atoms with E-state index in [4.69, 9.17) is 0 Å². The quantitative estimate of drug-likeness (QED) is 0.467. The predicted molar refractivity (Wildman–Crippen MR) is 99.0 cm³/mol. The number of amides is 3. The van der Waals surface area contributed by atoms with Gasteiger partial charge >= 0.3 is 6.03 Å². The average Bonchev–Trinajstić information content (AvgIpc) is 3.05. The van der Waals surface area contributed by atoms with Gasteiger partial charge in [0.25, 0.3) is 5.56 Å². The van der Waals surface area contributed by atoms with Crippen molar-refractivity contribution in [2.75, 3.05) is 12.8 Å². The number of carbonyl (C=O) groups excluding carboxylic acids is 2. The summed E-state index contributed by atoms with van der Waals surface area (Å²) in [5, 5.41) is 6.88. The molecule has 10 heteroatoms. The number of hydrogen-bond donors (Lipinski definition) is 3. The van der Waals surface area contributed by atoms with Crippen LogP contribution in [-0.2, 0) is 4.79 Å². The van der Waals surface area contributed by atoms with Crippen LogP contribution in [0.1, 0.15) is 0 Å². The molecule has 134 valence electrons. The van der Waals surface area contributed by atoms with Crippen molar-refractivity contribution in [3.05, 3.63) is 45.8 Å². The highest BCUT2D eigenvalue weighted by molar-refractivity contribution is 7.99. The van der Waals surface area contributed by atoms with Crippen LogP contribution in [0.25, 0.3) is 21.3 Å². The predicted octanol–water partition coefficient (Wildman–Crippen LogP) is 2.34. The second-order valence-electron chi connectivity index (χ2n) is 5.12. The van der Waals surface area contributed by atoms with E-state index >= 15 is 0 Å². The van der Waals surface area contributed by atoms with E-state index in [1.807, 2.05) is 0 Å². The molecule has 0 aliphatic carbocycles. The highest BCUT2D eigenvalue weighted by atomic mass is 32.2. The van der Waals surface area contributed by atoms with Crippen LogP contribution in [0.4, 0.5) is 9.18 Å². The van der Waals surface area contributed by atoms with Crippen molar-refractivity contribution in [3.63, 3.8) is 0 Å². The Labute approximate surface area is 155 Å². The van der Waals surface area contributed by atoms with Gasteiger partial charge in [-0.05, 0) is 17.7 Å². The minimum atomic E-state index is -0.602. The molecule has 0 unspecified atom stereocenters. The van der Waals surface area contributed by atoms with Crippen molar-refractivity contribution < 1.29 is 14.0 Å². The first-order valence-corrected chi connectivity index (χ1v) is 9.26. The average molecular weight is 392 g/mol. The summed E-state index contributed by atoms with van der Waals surface area (Å²) in [6.07, 6.45) is 0. The summed E-state index contributed by atoms with van der Waals surface area (Å²) in [5.41, 5.74) is 1.05. The van der Waals surface area contributed by atoms with Gasteiger partial charge in [-0.25, -0.2) is 14.2 Å². The first-order valence-electron chi connectivity index (χ1n) is 7.39. The van der Waals surface area contributed by atoms with Gasteiger partial charge in [-0.2, -0.15) is 0 Å². The Morgan fingerprint density at radius 1 is 1.31 bits per heavy atom. The molecule has 0 saturated heterocycles. The Morgan fingerprint density at radius 2 is 2.04 bits per heavy atom. The number of thioether (sulfide) groups is 1. The Hall–Kier alpha value is -2.72. The number of halogens is 1. The third-order valence-electron chi connectivity index (χ3n) is 3.40. The zero-order valence-corrected chi connectivity index (χ0v) is 15.1. The molecule has 7 nitrogen and oxygen atoms in total. The van der Waals surface area contributed by atoms with E-state index < -0.39 is 11.9 Å². The van der Waals surface area contributed by atoms with Gasteiger partial charge in [0.15, 0.2) is 5.16 Å². The summed E-state index contributed by atoms with van der Waals surface area (Å²) < 4.78 is 13.1. The van der Waals surface area contributed by atoms with Gasteiger partial charge in [-0.15, -0.1) is 11.3 Å². The maximum atomic E-state index is 13.1. The van der Waals surface area contributed by atoms with Crippen molar-refractivity contribution in [2.45, 2.75) is 5.16 Å². The highest BCUT2D eigenvalue weighted by Gasteiger charge is 2.14. The third-order valence-corrected chi connectivity index (χ3v) is 5.14. The first-order chi connectivity index (χ1) is 12.5. The van der Waals surface area contributed by atoms with Gasteiger partial charge < -0.3 is 10.3 Å². The zero-order valence-electron chi connectivity index (χ0n) is 13.5. The lowest BCUT2D eigenvalue weighted by Gasteiger charge is -2.03. The summed E-state index contributed by atoms with van der Waals surface area (Å²) in [6, 6.07) is 5.25. The van der Waals surface area contributed by atoms with E-state index in [-0.39, 0.29) is 22.3 Å². The van der Waals surface area contributed by atoms with Gasteiger partial charge in [0.2, 0.25) is 5.91 Å². The third kappa shape index (κ3) is 3.92. The Kier molecular flexibility index (Phi) is 5.33. The van der Waals surface area contributed by atoms with E-state index in [1.165, 1.54) is 30.5 Å². The number of aromatic amines is 1. The van der Waals surface area contributed by atoms with Gasteiger partial charge in [-0.1, -0.05) is 23.9 Å². The van der Waals surface area contributed by atoms with E-state index in [1.54, 1.807) is 17.5 Å². The van der Waals surface area contributed by atoms with Crippen LogP contribution in [-0.4, -0.2) is 34.7 Å². The van der Waals surface area contributed by atoms with Gasteiger partial charge in [0.1, 0.15) is 10.6 Å². The maximum Gasteiger partial charge on any atom is 0.321 e. The van der Waals surface area contributed by atoms with Gasteiger partial charge in [-0.3, -0.25) is 14.9 Å². The minimum Gasteiger partial charge on any atom is -0.341 e. The molecule has 0 saturated carbocycles. The SMILES string of the molecule is CNC(=O)NC(=O)CSc1nc2scc(-c3ccc(F)cc3)c2c(=O)[nH]1. The fourth-order valence-electron chi connectivity index (χ4n) is 2.20. The number of fused-ring (bicyclic) bond motifs is 1. The Balaban J connectivity index is 1.83. The summed E-state index contributed by atoms with van der Waals surface area (Å²) in [7, 11) is 1.40. The number of nitrogens with one attached hydrogen (secondary N) is 3. The Morgan fingerprint density at radius 3 is 2.73 bits per heavy atom. The number of H-pyrrole nitrogens is 1. The molecule has 0 radical (unpaired) electrons. The second-order valence-corrected chi connectivity index (χ2v) is 6.95. The fourth-order valence-corrected chi connectivity index (χ4v) is 3.86. The summed E-state index contributed by atoms with van der Waals surface area (Å²) >= 11 is 2.30. The lowest BCUT2D eigenvalue weighted by Crippen LogP contribution is -2.38. The van der Waals surface area contributed by atoms with Crippen molar-refractivity contribution in [3.8, 4) is 11.1 Å². The van der Waals surface area contributed by atoms with Gasteiger partial charge in [0, 0.05) is 18.0 Å². The molecule has 0 spiro atoms. The smallest absolute Gasteiger partial charge is 0.321 e. The molecule has 3 aromatic rings. The van der Waals surface area contributed by atoms with Crippen molar-refractivity contribution in [2.24, 2.45) is 0 Å². The van der Waals surface area contributed by atoms with Crippen LogP contribution in [0.5, 0.6) is 0 Å². The standard InChI is InChI=1S/C16H13FN4O3S2/c1-18-15(24)19-11(22)7-26-16-20-13(23)12-10(6-25-14(12)21-16)8-2-4-9(17)5-3-8/h2-6H,7H2,1H3,(H,20,21,23)(H2,18,19,22,24). The molecule has 3 amide bonds. The summed E-state index contributed by atoms with van der Waals surface area (Å²) in [5.74, 6) is -0.928. The number of imide groups is 1. The number of benzene rings is 1. The molecule has 0 bridgehead atoms. The lowest BCUT2D eigenvalue weighted by atomic mass is 10.1. The number of hydrogen-bond acceptors (Lipinski definition) is 6. The molecule has 26 heavy (non-hydrogen) atoms. The monoisotopic (exact) mass is 392 g/mol. The largest absolute Gasteiger partial charge is 0.341 e. The number of nitrogens with zero attached hydrogens (tertiary/aromatic N) is 1. The summed E-state index contributed by atoms with van der Waals surface area (Å²) in [6.45, 7) is 0. The number of urea groups is 1. The summed E-state index contributed by atoms with van der Waals surface area (Å²) in [4.78, 5) is 42.6. The molecule has 0 atom stereocenters. The number of rotatable bonds is 4. The van der Waals surface area contributed by atoms with E-state index in [2.05, 4.69) is 20.6 Å². The minimum absolute atomic E-state index is 0.0714. The molecule has 3 N–H and O–H groups in total. The fraction of sp³-hybridized carbons (Fsp3) is 0.125. The molecule has 3 rings (SSSR count).